The smallest absolute Gasteiger partial charge is 0.330 e. The zero-order chi connectivity index (χ0) is 11.8. The molecule has 2 N–H and O–H groups in total. The van der Waals surface area contributed by atoms with Gasteiger partial charge in [0.2, 0.25) is 5.91 Å². The molecule has 1 aliphatic carbocycles. The minimum atomic E-state index is -1.01. The van der Waals surface area contributed by atoms with Crippen molar-refractivity contribution in [1.29, 1.82) is 0 Å². The summed E-state index contributed by atoms with van der Waals surface area (Å²) in [5.41, 5.74) is -1.01. The fraction of sp³-hybridized carbons (Fsp3) is 0.818. The third-order valence-electron chi connectivity index (χ3n) is 3.54. The van der Waals surface area contributed by atoms with Crippen molar-refractivity contribution in [2.24, 2.45) is 11.8 Å². The number of carboxylic acid groups (broad SMARTS) is 1. The zero-order valence-electron chi connectivity index (χ0n) is 9.36. The molecule has 1 amide bonds. The first-order chi connectivity index (χ1) is 7.55. The Kier molecular flexibility index (Phi) is 3.15. The number of nitrogens with one attached hydrogen (secondary N) is 1. The largest absolute Gasteiger partial charge is 0.479 e. The van der Waals surface area contributed by atoms with E-state index in [0.717, 1.165) is 18.6 Å². The second-order valence-corrected chi connectivity index (χ2v) is 5.91. The number of hydrogen-bond acceptors (Lipinski definition) is 3. The molecule has 0 spiro atoms. The lowest BCUT2D eigenvalue weighted by molar-refractivity contribution is -0.147. The number of hydrogen-bond donors (Lipinski definition) is 2. The highest BCUT2D eigenvalue weighted by atomic mass is 32.2. The van der Waals surface area contributed by atoms with Gasteiger partial charge >= 0.3 is 5.97 Å². The van der Waals surface area contributed by atoms with Gasteiger partial charge in [0, 0.05) is 11.7 Å². The Hall–Kier alpha value is -0.710. The van der Waals surface area contributed by atoms with Crippen LogP contribution in [0, 0.1) is 11.8 Å². The van der Waals surface area contributed by atoms with Crippen LogP contribution < -0.4 is 5.32 Å². The van der Waals surface area contributed by atoms with Crippen LogP contribution in [0.25, 0.3) is 0 Å². The average molecular weight is 243 g/mol. The molecule has 1 aliphatic heterocycles. The summed E-state index contributed by atoms with van der Waals surface area (Å²) in [6.45, 7) is 1.89. The van der Waals surface area contributed by atoms with Gasteiger partial charge in [-0.3, -0.25) is 4.79 Å². The van der Waals surface area contributed by atoms with Crippen molar-refractivity contribution in [1.82, 2.24) is 5.32 Å². The lowest BCUT2D eigenvalue weighted by atomic mass is 9.96. The molecular formula is C11H17NO3S. The van der Waals surface area contributed by atoms with Crippen molar-refractivity contribution in [3.05, 3.63) is 0 Å². The van der Waals surface area contributed by atoms with Crippen LogP contribution in [-0.2, 0) is 9.59 Å². The molecular weight excluding hydrogens is 226 g/mol. The van der Waals surface area contributed by atoms with Gasteiger partial charge in [0.1, 0.15) is 5.54 Å². The Labute approximate surface area is 99.2 Å². The van der Waals surface area contributed by atoms with Gasteiger partial charge < -0.3 is 10.4 Å². The van der Waals surface area contributed by atoms with Crippen LogP contribution in [0.5, 0.6) is 0 Å². The summed E-state index contributed by atoms with van der Waals surface area (Å²) in [4.78, 5) is 23.1. The minimum absolute atomic E-state index is 0.0400. The van der Waals surface area contributed by atoms with Crippen molar-refractivity contribution in [3.8, 4) is 0 Å². The standard InChI is InChI=1S/C11H17NO3S/c1-7(8-2-3-8)9(13)12-11(10(14)15)4-5-16-6-11/h7-8H,2-6H2,1H3,(H,12,13)(H,14,15). The molecule has 0 aromatic heterocycles. The van der Waals surface area contributed by atoms with Crippen LogP contribution in [-0.4, -0.2) is 34.0 Å². The summed E-state index contributed by atoms with van der Waals surface area (Å²) >= 11 is 1.59. The summed E-state index contributed by atoms with van der Waals surface area (Å²) in [5, 5.41) is 12.0. The predicted octanol–water partition coefficient (Wildman–Crippen LogP) is 1.11. The van der Waals surface area contributed by atoms with Gasteiger partial charge in [-0.15, -0.1) is 0 Å². The Bertz CT molecular complexity index is 308. The van der Waals surface area contributed by atoms with E-state index in [9.17, 15) is 14.7 Å². The van der Waals surface area contributed by atoms with Crippen LogP contribution in [0.3, 0.4) is 0 Å². The van der Waals surface area contributed by atoms with E-state index < -0.39 is 11.5 Å². The van der Waals surface area contributed by atoms with Crippen LogP contribution in [0.15, 0.2) is 0 Å². The summed E-state index contributed by atoms with van der Waals surface area (Å²) in [6.07, 6.45) is 2.74. The molecule has 2 fully saturated rings. The quantitative estimate of drug-likeness (QED) is 0.776. The maximum absolute atomic E-state index is 11.9. The molecule has 0 bridgehead atoms. The van der Waals surface area contributed by atoms with E-state index in [2.05, 4.69) is 5.32 Å². The Morgan fingerprint density at radius 1 is 1.50 bits per heavy atom. The SMILES string of the molecule is CC(C(=O)NC1(C(=O)O)CCSC1)C1CC1. The van der Waals surface area contributed by atoms with Gasteiger partial charge in [-0.05, 0) is 30.9 Å². The van der Waals surface area contributed by atoms with Crippen LogP contribution in [0.2, 0.25) is 0 Å². The topological polar surface area (TPSA) is 66.4 Å². The fourth-order valence-corrected chi connectivity index (χ4v) is 3.37. The van der Waals surface area contributed by atoms with E-state index in [-0.39, 0.29) is 11.8 Å². The fourth-order valence-electron chi connectivity index (χ4n) is 2.05. The average Bonchev–Trinajstić information content (AvgIpc) is 2.98. The third-order valence-corrected chi connectivity index (χ3v) is 4.73. The van der Waals surface area contributed by atoms with E-state index >= 15 is 0 Å². The molecule has 1 saturated carbocycles. The summed E-state index contributed by atoms with van der Waals surface area (Å²) in [7, 11) is 0. The van der Waals surface area contributed by atoms with E-state index in [0.29, 0.717) is 18.1 Å². The van der Waals surface area contributed by atoms with Gasteiger partial charge in [0.05, 0.1) is 0 Å². The minimum Gasteiger partial charge on any atom is -0.479 e. The number of thioether (sulfide) groups is 1. The van der Waals surface area contributed by atoms with Crippen LogP contribution >= 0.6 is 11.8 Å². The predicted molar refractivity (Wildman–Crippen MR) is 62.3 cm³/mol. The number of carboxylic acids is 1. The molecule has 0 aromatic carbocycles. The van der Waals surface area contributed by atoms with E-state index in [1.807, 2.05) is 6.92 Å². The molecule has 0 radical (unpaired) electrons. The molecule has 2 atom stereocenters. The van der Waals surface area contributed by atoms with Crippen molar-refractivity contribution in [2.75, 3.05) is 11.5 Å². The lowest BCUT2D eigenvalue weighted by Gasteiger charge is -2.26. The van der Waals surface area contributed by atoms with E-state index in [1.165, 1.54) is 0 Å². The first-order valence-electron chi connectivity index (χ1n) is 5.68. The summed E-state index contributed by atoms with van der Waals surface area (Å²) < 4.78 is 0. The van der Waals surface area contributed by atoms with Gasteiger partial charge in [-0.1, -0.05) is 6.92 Å². The molecule has 1 heterocycles. The molecule has 5 heteroatoms. The monoisotopic (exact) mass is 243 g/mol. The van der Waals surface area contributed by atoms with E-state index in [4.69, 9.17) is 0 Å². The molecule has 90 valence electrons. The second-order valence-electron chi connectivity index (χ2n) is 4.81. The third kappa shape index (κ3) is 2.19. The molecule has 0 aromatic rings. The van der Waals surface area contributed by atoms with Crippen LogP contribution in [0.1, 0.15) is 26.2 Å². The number of amides is 1. The number of aliphatic carboxylic acids is 1. The zero-order valence-corrected chi connectivity index (χ0v) is 10.2. The first kappa shape index (κ1) is 11.8. The second kappa shape index (κ2) is 4.28. The molecule has 2 rings (SSSR count). The molecule has 16 heavy (non-hydrogen) atoms. The van der Waals surface area contributed by atoms with Gasteiger partial charge in [0.25, 0.3) is 0 Å². The molecule has 2 aliphatic rings. The van der Waals surface area contributed by atoms with Gasteiger partial charge in [0.15, 0.2) is 0 Å². The Morgan fingerprint density at radius 3 is 2.62 bits per heavy atom. The lowest BCUT2D eigenvalue weighted by Crippen LogP contribution is -2.56. The van der Waals surface area contributed by atoms with Crippen molar-refractivity contribution >= 4 is 23.6 Å². The van der Waals surface area contributed by atoms with Crippen molar-refractivity contribution in [2.45, 2.75) is 31.7 Å². The Balaban J connectivity index is 2.00. The molecule has 2 unspecified atom stereocenters. The maximum atomic E-state index is 11.9. The highest BCUT2D eigenvalue weighted by molar-refractivity contribution is 7.99. The normalized spacial score (nSPS) is 31.1. The molecule has 4 nitrogen and oxygen atoms in total. The first-order valence-corrected chi connectivity index (χ1v) is 6.84. The Morgan fingerprint density at radius 2 is 2.19 bits per heavy atom. The van der Waals surface area contributed by atoms with Crippen molar-refractivity contribution < 1.29 is 14.7 Å². The number of carbonyl (C=O) groups is 2. The number of rotatable bonds is 4. The number of carbonyl (C=O) groups excluding carboxylic acids is 1. The van der Waals surface area contributed by atoms with Gasteiger partial charge in [-0.2, -0.15) is 11.8 Å². The maximum Gasteiger partial charge on any atom is 0.330 e. The summed E-state index contributed by atoms with van der Waals surface area (Å²) in [6, 6.07) is 0. The molecule has 1 saturated heterocycles. The summed E-state index contributed by atoms with van der Waals surface area (Å²) in [5.74, 6) is 0.749. The van der Waals surface area contributed by atoms with Gasteiger partial charge in [-0.25, -0.2) is 4.79 Å². The van der Waals surface area contributed by atoms with Crippen molar-refractivity contribution in [3.63, 3.8) is 0 Å². The highest BCUT2D eigenvalue weighted by Gasteiger charge is 2.45. The van der Waals surface area contributed by atoms with Crippen LogP contribution in [0.4, 0.5) is 0 Å². The van der Waals surface area contributed by atoms with E-state index in [1.54, 1.807) is 11.8 Å². The highest BCUT2D eigenvalue weighted by Crippen LogP contribution is 2.37.